The number of anilines is 2. The van der Waals surface area contributed by atoms with E-state index in [4.69, 9.17) is 0 Å². The topological polar surface area (TPSA) is 62.3 Å². The fourth-order valence-electron chi connectivity index (χ4n) is 2.77. The quantitative estimate of drug-likeness (QED) is 0.915. The summed E-state index contributed by atoms with van der Waals surface area (Å²) in [4.78, 5) is 6.58. The lowest BCUT2D eigenvalue weighted by Gasteiger charge is -2.16. The van der Waals surface area contributed by atoms with E-state index in [0.29, 0.717) is 5.69 Å². The molecule has 6 heteroatoms. The third kappa shape index (κ3) is 4.01. The summed E-state index contributed by atoms with van der Waals surface area (Å²) in [5, 5.41) is 0. The Bertz CT molecular complexity index is 767. The minimum Gasteiger partial charge on any atom is -0.357 e. The van der Waals surface area contributed by atoms with E-state index in [-0.39, 0.29) is 5.75 Å². The molecule has 0 amide bonds. The molecule has 2 aromatic rings. The highest BCUT2D eigenvalue weighted by molar-refractivity contribution is 7.91. The lowest BCUT2D eigenvalue weighted by atomic mass is 10.1. The van der Waals surface area contributed by atoms with Gasteiger partial charge in [-0.1, -0.05) is 24.3 Å². The van der Waals surface area contributed by atoms with E-state index in [2.05, 4.69) is 14.6 Å². The summed E-state index contributed by atoms with van der Waals surface area (Å²) in [6.45, 7) is 3.95. The van der Waals surface area contributed by atoms with Crippen molar-refractivity contribution in [2.75, 3.05) is 22.7 Å². The van der Waals surface area contributed by atoms with Gasteiger partial charge in [-0.2, -0.15) is 0 Å². The van der Waals surface area contributed by atoms with Crippen molar-refractivity contribution in [1.29, 1.82) is 0 Å². The highest BCUT2D eigenvalue weighted by Gasteiger charge is 2.15. The Balaban J connectivity index is 1.69. The normalized spacial score (nSPS) is 14.9. The van der Waals surface area contributed by atoms with E-state index in [0.717, 1.165) is 30.0 Å². The Hall–Kier alpha value is -2.08. The molecule has 1 aliphatic heterocycles. The standard InChI is InChI=1S/C17H21N3O2S/c1-14-6-2-3-7-15(14)13-23(21,22)19-16-8-9-17(18-12-16)20-10-4-5-11-20/h2-3,6-9,12,19H,4-5,10-11,13H2,1H3. The van der Waals surface area contributed by atoms with Gasteiger partial charge in [-0.05, 0) is 43.0 Å². The van der Waals surface area contributed by atoms with Gasteiger partial charge >= 0.3 is 0 Å². The third-order valence-corrected chi connectivity index (χ3v) is 5.30. The number of nitrogens with one attached hydrogen (secondary N) is 1. The SMILES string of the molecule is Cc1ccccc1CS(=O)(=O)Nc1ccc(N2CCCC2)nc1. The molecular formula is C17H21N3O2S. The van der Waals surface area contributed by atoms with Crippen LogP contribution in [0.15, 0.2) is 42.6 Å². The highest BCUT2D eigenvalue weighted by atomic mass is 32.2. The van der Waals surface area contributed by atoms with Crippen molar-refractivity contribution in [1.82, 2.24) is 4.98 Å². The summed E-state index contributed by atoms with van der Waals surface area (Å²) >= 11 is 0. The molecule has 1 N–H and O–H groups in total. The monoisotopic (exact) mass is 331 g/mol. The minimum atomic E-state index is -3.45. The molecule has 1 fully saturated rings. The zero-order valence-electron chi connectivity index (χ0n) is 13.2. The lowest BCUT2D eigenvalue weighted by Crippen LogP contribution is -2.19. The van der Waals surface area contributed by atoms with E-state index in [9.17, 15) is 8.42 Å². The van der Waals surface area contributed by atoms with Crippen LogP contribution in [-0.2, 0) is 15.8 Å². The summed E-state index contributed by atoms with van der Waals surface area (Å²) in [6.07, 6.45) is 3.96. The zero-order chi connectivity index (χ0) is 16.3. The molecule has 0 aliphatic carbocycles. The van der Waals surface area contributed by atoms with Crippen molar-refractivity contribution >= 4 is 21.5 Å². The van der Waals surface area contributed by atoms with Crippen molar-refractivity contribution in [2.45, 2.75) is 25.5 Å². The van der Waals surface area contributed by atoms with Crippen LogP contribution in [0.4, 0.5) is 11.5 Å². The van der Waals surface area contributed by atoms with E-state index in [1.54, 1.807) is 12.3 Å². The Morgan fingerprint density at radius 1 is 1.13 bits per heavy atom. The van der Waals surface area contributed by atoms with Crippen molar-refractivity contribution in [3.05, 3.63) is 53.7 Å². The smallest absolute Gasteiger partial charge is 0.236 e. The lowest BCUT2D eigenvalue weighted by molar-refractivity contribution is 0.600. The van der Waals surface area contributed by atoms with E-state index < -0.39 is 10.0 Å². The van der Waals surface area contributed by atoms with Crippen LogP contribution < -0.4 is 9.62 Å². The summed E-state index contributed by atoms with van der Waals surface area (Å²) in [6, 6.07) is 11.2. The molecule has 1 saturated heterocycles. The maximum atomic E-state index is 12.3. The fourth-order valence-corrected chi connectivity index (χ4v) is 4.06. The first-order valence-electron chi connectivity index (χ1n) is 7.79. The van der Waals surface area contributed by atoms with Crippen LogP contribution in [0.25, 0.3) is 0 Å². The van der Waals surface area contributed by atoms with Gasteiger partial charge in [0.25, 0.3) is 0 Å². The number of pyridine rings is 1. The summed E-state index contributed by atoms with van der Waals surface area (Å²) in [5.74, 6) is 0.873. The molecule has 0 saturated carbocycles. The second-order valence-electron chi connectivity index (χ2n) is 5.89. The molecule has 0 atom stereocenters. The molecule has 0 unspecified atom stereocenters. The fraction of sp³-hybridized carbons (Fsp3) is 0.353. The van der Waals surface area contributed by atoms with Gasteiger partial charge in [0.15, 0.2) is 0 Å². The maximum Gasteiger partial charge on any atom is 0.236 e. The van der Waals surface area contributed by atoms with Crippen LogP contribution in [0.1, 0.15) is 24.0 Å². The molecule has 1 aliphatic rings. The van der Waals surface area contributed by atoms with Gasteiger partial charge in [0.05, 0.1) is 17.6 Å². The molecule has 0 bridgehead atoms. The van der Waals surface area contributed by atoms with E-state index in [1.165, 1.54) is 12.8 Å². The van der Waals surface area contributed by atoms with Gasteiger partial charge in [-0.3, -0.25) is 4.72 Å². The van der Waals surface area contributed by atoms with Crippen molar-refractivity contribution in [3.63, 3.8) is 0 Å². The Labute approximate surface area is 137 Å². The van der Waals surface area contributed by atoms with E-state index in [1.807, 2.05) is 37.3 Å². The number of nitrogens with zero attached hydrogens (tertiary/aromatic N) is 2. The number of aryl methyl sites for hydroxylation is 1. The van der Waals surface area contributed by atoms with E-state index >= 15 is 0 Å². The van der Waals surface area contributed by atoms with Crippen LogP contribution in [0.5, 0.6) is 0 Å². The number of sulfonamides is 1. The molecule has 5 nitrogen and oxygen atoms in total. The average Bonchev–Trinajstić information content (AvgIpc) is 3.04. The second-order valence-corrected chi connectivity index (χ2v) is 7.61. The van der Waals surface area contributed by atoms with Crippen molar-refractivity contribution in [2.24, 2.45) is 0 Å². The summed E-state index contributed by atoms with van der Waals surface area (Å²) in [5.41, 5.74) is 2.28. The van der Waals surface area contributed by atoms with Crippen LogP contribution in [0, 0.1) is 6.92 Å². The molecule has 1 aromatic heterocycles. The van der Waals surface area contributed by atoms with Gasteiger partial charge in [-0.15, -0.1) is 0 Å². The first-order chi connectivity index (χ1) is 11.0. The first kappa shape index (κ1) is 15.8. The summed E-state index contributed by atoms with van der Waals surface area (Å²) < 4.78 is 27.2. The van der Waals surface area contributed by atoms with Crippen LogP contribution >= 0.6 is 0 Å². The van der Waals surface area contributed by atoms with Crippen molar-refractivity contribution in [3.8, 4) is 0 Å². The number of rotatable bonds is 5. The van der Waals surface area contributed by atoms with Crippen LogP contribution in [-0.4, -0.2) is 26.5 Å². The molecule has 1 aromatic carbocycles. The predicted octanol–water partition coefficient (Wildman–Crippen LogP) is 2.93. The Morgan fingerprint density at radius 2 is 1.87 bits per heavy atom. The second kappa shape index (κ2) is 6.58. The minimum absolute atomic E-state index is 0.0342. The van der Waals surface area contributed by atoms with Gasteiger partial charge in [0, 0.05) is 13.1 Å². The molecule has 2 heterocycles. The largest absolute Gasteiger partial charge is 0.357 e. The highest BCUT2D eigenvalue weighted by Crippen LogP contribution is 2.20. The molecule has 3 rings (SSSR count). The molecule has 23 heavy (non-hydrogen) atoms. The van der Waals surface area contributed by atoms with Gasteiger partial charge < -0.3 is 4.90 Å². The number of hydrogen-bond donors (Lipinski definition) is 1. The van der Waals surface area contributed by atoms with Crippen LogP contribution in [0.3, 0.4) is 0 Å². The number of benzene rings is 1. The molecule has 122 valence electrons. The average molecular weight is 331 g/mol. The Kier molecular flexibility index (Phi) is 4.52. The number of aromatic nitrogens is 1. The molecular weight excluding hydrogens is 310 g/mol. The van der Waals surface area contributed by atoms with Crippen LogP contribution in [0.2, 0.25) is 0 Å². The summed E-state index contributed by atoms with van der Waals surface area (Å²) in [7, 11) is -3.45. The van der Waals surface area contributed by atoms with Crippen molar-refractivity contribution < 1.29 is 8.42 Å². The Morgan fingerprint density at radius 3 is 2.52 bits per heavy atom. The molecule has 0 spiro atoms. The number of hydrogen-bond acceptors (Lipinski definition) is 4. The molecule has 0 radical (unpaired) electrons. The maximum absolute atomic E-state index is 12.3. The predicted molar refractivity (Wildman–Crippen MR) is 93.1 cm³/mol. The van der Waals surface area contributed by atoms with Gasteiger partial charge in [0.2, 0.25) is 10.0 Å². The zero-order valence-corrected chi connectivity index (χ0v) is 14.0. The third-order valence-electron chi connectivity index (χ3n) is 4.06. The first-order valence-corrected chi connectivity index (χ1v) is 9.45. The van der Waals surface area contributed by atoms with Gasteiger partial charge in [0.1, 0.15) is 5.82 Å². The van der Waals surface area contributed by atoms with Gasteiger partial charge in [-0.25, -0.2) is 13.4 Å².